The Kier molecular flexibility index (Phi) is 4.10. The molecule has 0 radical (unpaired) electrons. The number of carbonyl (C=O) groups excluding carboxylic acids is 1. The van der Waals surface area contributed by atoms with Gasteiger partial charge in [0.25, 0.3) is 0 Å². The highest BCUT2D eigenvalue weighted by Crippen LogP contribution is 2.17. The number of benzene rings is 2. The van der Waals surface area contributed by atoms with Crippen molar-refractivity contribution in [3.8, 4) is 0 Å². The lowest BCUT2D eigenvalue weighted by Crippen LogP contribution is -2.05. The largest absolute Gasteiger partial charge is 0.457 e. The van der Waals surface area contributed by atoms with Gasteiger partial charge in [-0.2, -0.15) is 0 Å². The lowest BCUT2D eigenvalue weighted by Gasteiger charge is -2.05. The average molecular weight is 309 g/mol. The maximum Gasteiger partial charge on any atom is 0.338 e. The minimum absolute atomic E-state index is 0.203. The van der Waals surface area contributed by atoms with Crippen molar-refractivity contribution in [3.63, 3.8) is 0 Å². The highest BCUT2D eigenvalue weighted by Gasteiger charge is 2.09. The Bertz CT molecular complexity index is 555. The van der Waals surface area contributed by atoms with E-state index < -0.39 is 11.8 Å². The van der Waals surface area contributed by atoms with E-state index in [1.54, 1.807) is 0 Å². The van der Waals surface area contributed by atoms with Crippen molar-refractivity contribution in [1.29, 1.82) is 0 Å². The van der Waals surface area contributed by atoms with Gasteiger partial charge in [0, 0.05) is 0 Å². The zero-order chi connectivity index (χ0) is 13.0. The van der Waals surface area contributed by atoms with Gasteiger partial charge in [0.05, 0.1) is 10.0 Å². The molecule has 0 atom stereocenters. The first kappa shape index (κ1) is 12.8. The molecule has 0 saturated heterocycles. The number of hydrogen-bond acceptors (Lipinski definition) is 2. The van der Waals surface area contributed by atoms with E-state index in [9.17, 15) is 9.18 Å². The van der Waals surface area contributed by atoms with Crippen LogP contribution in [-0.4, -0.2) is 5.97 Å². The third-order valence-electron chi connectivity index (χ3n) is 2.37. The smallest absolute Gasteiger partial charge is 0.338 e. The van der Waals surface area contributed by atoms with Gasteiger partial charge in [-0.25, -0.2) is 9.18 Å². The summed E-state index contributed by atoms with van der Waals surface area (Å²) < 4.78 is 18.4. The van der Waals surface area contributed by atoms with Gasteiger partial charge in [-0.3, -0.25) is 0 Å². The van der Waals surface area contributed by atoms with Crippen molar-refractivity contribution in [2.24, 2.45) is 0 Å². The quantitative estimate of drug-likeness (QED) is 0.803. The molecule has 0 saturated carbocycles. The summed E-state index contributed by atoms with van der Waals surface area (Å²) in [7, 11) is 0. The Hall–Kier alpha value is -1.68. The monoisotopic (exact) mass is 308 g/mol. The van der Waals surface area contributed by atoms with Crippen LogP contribution in [0.25, 0.3) is 0 Å². The van der Waals surface area contributed by atoms with Crippen molar-refractivity contribution >= 4 is 21.9 Å². The highest BCUT2D eigenvalue weighted by atomic mass is 79.9. The molecule has 0 amide bonds. The Morgan fingerprint density at radius 3 is 2.56 bits per heavy atom. The molecule has 2 aromatic carbocycles. The number of rotatable bonds is 3. The van der Waals surface area contributed by atoms with Gasteiger partial charge < -0.3 is 4.74 Å². The summed E-state index contributed by atoms with van der Waals surface area (Å²) in [5.74, 6) is -0.880. The van der Waals surface area contributed by atoms with Gasteiger partial charge in [-0.15, -0.1) is 0 Å². The molecule has 0 N–H and O–H groups in total. The molecule has 18 heavy (non-hydrogen) atoms. The van der Waals surface area contributed by atoms with E-state index in [-0.39, 0.29) is 11.1 Å². The molecule has 2 nitrogen and oxygen atoms in total. The van der Waals surface area contributed by atoms with E-state index in [4.69, 9.17) is 4.74 Å². The maximum absolute atomic E-state index is 13.0. The predicted molar refractivity (Wildman–Crippen MR) is 69.7 cm³/mol. The molecule has 2 rings (SSSR count). The van der Waals surface area contributed by atoms with Crippen LogP contribution in [0.3, 0.4) is 0 Å². The number of ether oxygens (including phenoxy) is 1. The van der Waals surface area contributed by atoms with Crippen LogP contribution in [0.5, 0.6) is 0 Å². The van der Waals surface area contributed by atoms with Crippen LogP contribution in [0.1, 0.15) is 15.9 Å². The zero-order valence-electron chi connectivity index (χ0n) is 9.40. The molecule has 0 spiro atoms. The number of halogens is 2. The SMILES string of the molecule is O=C(OCc1ccccc1)c1ccc(F)c(Br)c1. The Morgan fingerprint density at radius 1 is 1.17 bits per heavy atom. The Morgan fingerprint density at radius 2 is 1.89 bits per heavy atom. The van der Waals surface area contributed by atoms with Crippen LogP contribution in [-0.2, 0) is 11.3 Å². The first-order valence-corrected chi connectivity index (χ1v) is 6.12. The molecule has 0 fully saturated rings. The summed E-state index contributed by atoms with van der Waals surface area (Å²) >= 11 is 3.03. The average Bonchev–Trinajstić information content (AvgIpc) is 2.40. The summed E-state index contributed by atoms with van der Waals surface area (Å²) in [6.45, 7) is 0.203. The predicted octanol–water partition coefficient (Wildman–Crippen LogP) is 3.95. The van der Waals surface area contributed by atoms with Gasteiger partial charge in [-0.05, 0) is 39.7 Å². The summed E-state index contributed by atoms with van der Waals surface area (Å²) in [5.41, 5.74) is 1.23. The maximum atomic E-state index is 13.0. The van der Waals surface area contributed by atoms with Crippen molar-refractivity contribution < 1.29 is 13.9 Å². The Balaban J connectivity index is 2.02. The lowest BCUT2D eigenvalue weighted by molar-refractivity contribution is 0.0472. The summed E-state index contributed by atoms with van der Waals surface area (Å²) in [6.07, 6.45) is 0. The summed E-state index contributed by atoms with van der Waals surface area (Å²) in [5, 5.41) is 0. The van der Waals surface area contributed by atoms with Crippen LogP contribution < -0.4 is 0 Å². The summed E-state index contributed by atoms with van der Waals surface area (Å²) in [4.78, 5) is 11.7. The zero-order valence-corrected chi connectivity index (χ0v) is 11.0. The minimum atomic E-state index is -0.473. The molecule has 0 aliphatic carbocycles. The third-order valence-corrected chi connectivity index (χ3v) is 2.98. The molecule has 92 valence electrons. The van der Waals surface area contributed by atoms with Crippen LogP contribution in [0.2, 0.25) is 0 Å². The van der Waals surface area contributed by atoms with Gasteiger partial charge >= 0.3 is 5.97 Å². The van der Waals surface area contributed by atoms with E-state index in [0.717, 1.165) is 5.56 Å². The van der Waals surface area contributed by atoms with Crippen molar-refractivity contribution in [2.75, 3.05) is 0 Å². The molecule has 0 aliphatic heterocycles. The normalized spacial score (nSPS) is 10.1. The van der Waals surface area contributed by atoms with Crippen LogP contribution in [0, 0.1) is 5.82 Å². The number of esters is 1. The highest BCUT2D eigenvalue weighted by molar-refractivity contribution is 9.10. The molecular weight excluding hydrogens is 299 g/mol. The van der Waals surface area contributed by atoms with Crippen molar-refractivity contribution in [2.45, 2.75) is 6.61 Å². The molecule has 4 heteroatoms. The second-order valence-electron chi connectivity index (χ2n) is 3.69. The van der Waals surface area contributed by atoms with Gasteiger partial charge in [0.15, 0.2) is 0 Å². The molecule has 0 unspecified atom stereocenters. The first-order chi connectivity index (χ1) is 8.66. The fourth-order valence-electron chi connectivity index (χ4n) is 1.43. The van der Waals surface area contributed by atoms with E-state index in [2.05, 4.69) is 15.9 Å². The number of carbonyl (C=O) groups is 1. The van der Waals surface area contributed by atoms with Crippen LogP contribution >= 0.6 is 15.9 Å². The third kappa shape index (κ3) is 3.17. The Labute approximate surface area is 113 Å². The molecular formula is C14H10BrFO2. The van der Waals surface area contributed by atoms with E-state index in [0.29, 0.717) is 5.56 Å². The first-order valence-electron chi connectivity index (χ1n) is 5.33. The molecule has 0 aromatic heterocycles. The number of hydrogen-bond donors (Lipinski definition) is 0. The molecule has 0 aliphatic rings. The van der Waals surface area contributed by atoms with E-state index in [1.807, 2.05) is 30.3 Å². The van der Waals surface area contributed by atoms with E-state index >= 15 is 0 Å². The van der Waals surface area contributed by atoms with Crippen LogP contribution in [0.15, 0.2) is 53.0 Å². The van der Waals surface area contributed by atoms with Crippen LogP contribution in [0.4, 0.5) is 4.39 Å². The second-order valence-corrected chi connectivity index (χ2v) is 4.54. The molecule has 0 heterocycles. The lowest BCUT2D eigenvalue weighted by atomic mass is 10.2. The van der Waals surface area contributed by atoms with Gasteiger partial charge in [-0.1, -0.05) is 30.3 Å². The fourth-order valence-corrected chi connectivity index (χ4v) is 1.81. The topological polar surface area (TPSA) is 26.3 Å². The fraction of sp³-hybridized carbons (Fsp3) is 0.0714. The van der Waals surface area contributed by atoms with Crippen molar-refractivity contribution in [1.82, 2.24) is 0 Å². The van der Waals surface area contributed by atoms with Gasteiger partial charge in [0.2, 0.25) is 0 Å². The second kappa shape index (κ2) is 5.78. The van der Waals surface area contributed by atoms with Gasteiger partial charge in [0.1, 0.15) is 12.4 Å². The summed E-state index contributed by atoms with van der Waals surface area (Å²) in [6, 6.07) is 13.4. The van der Waals surface area contributed by atoms with E-state index in [1.165, 1.54) is 18.2 Å². The minimum Gasteiger partial charge on any atom is -0.457 e. The van der Waals surface area contributed by atoms with Crippen molar-refractivity contribution in [3.05, 3.63) is 69.9 Å². The standard InChI is InChI=1S/C14H10BrFO2/c15-12-8-11(6-7-13(12)16)14(17)18-9-10-4-2-1-3-5-10/h1-8H,9H2. The molecule has 0 bridgehead atoms. The molecule has 2 aromatic rings.